The van der Waals surface area contributed by atoms with E-state index in [9.17, 15) is 22.8 Å². The lowest BCUT2D eigenvalue weighted by molar-refractivity contribution is -0.159. The van der Waals surface area contributed by atoms with Gasteiger partial charge in [0, 0.05) is 46.3 Å². The number of halogens is 3. The highest BCUT2D eigenvalue weighted by Gasteiger charge is 2.32. The maximum Gasteiger partial charge on any atom is 0.406 e. The Morgan fingerprint density at radius 3 is 1.93 bits per heavy atom. The van der Waals surface area contributed by atoms with Crippen LogP contribution >= 0.6 is 0 Å². The van der Waals surface area contributed by atoms with Crippen LogP contribution in [0.2, 0.25) is 0 Å². The summed E-state index contributed by atoms with van der Waals surface area (Å²) < 4.78 is 37.1. The molecule has 27 heavy (non-hydrogen) atoms. The largest absolute Gasteiger partial charge is 0.406 e. The van der Waals surface area contributed by atoms with Crippen LogP contribution in [-0.4, -0.2) is 104 Å². The molecule has 0 aromatic rings. The predicted molar refractivity (Wildman–Crippen MR) is 96.1 cm³/mol. The number of hydrogen-bond acceptors (Lipinski definition) is 4. The Morgan fingerprint density at radius 2 is 1.44 bits per heavy atom. The predicted octanol–water partition coefficient (Wildman–Crippen LogP) is 1.13. The standard InChI is InChI=1S/C18H31F3N4O2/c1-14-8-15(2)10-25(9-14)17(27)12-24-6-4-23(5-7-24)11-16(26)22(3)13-18(19,20)21/h14-15H,4-13H2,1-3H3. The maximum atomic E-state index is 12.5. The van der Waals surface area contributed by atoms with E-state index in [0.717, 1.165) is 19.5 Å². The van der Waals surface area contributed by atoms with Gasteiger partial charge in [0.05, 0.1) is 13.1 Å². The van der Waals surface area contributed by atoms with E-state index >= 15 is 0 Å². The number of carbonyl (C=O) groups is 2. The molecule has 156 valence electrons. The van der Waals surface area contributed by atoms with Crippen LogP contribution < -0.4 is 0 Å². The minimum absolute atomic E-state index is 0.0183. The summed E-state index contributed by atoms with van der Waals surface area (Å²) >= 11 is 0. The molecule has 0 spiro atoms. The van der Waals surface area contributed by atoms with Crippen LogP contribution in [0.1, 0.15) is 20.3 Å². The average molecular weight is 392 g/mol. The molecule has 2 fully saturated rings. The molecule has 2 aliphatic rings. The molecule has 0 N–H and O–H groups in total. The number of likely N-dealkylation sites (tertiary alicyclic amines) is 1. The molecule has 0 radical (unpaired) electrons. The van der Waals surface area contributed by atoms with E-state index in [1.807, 2.05) is 9.80 Å². The molecule has 2 atom stereocenters. The fourth-order valence-corrected chi connectivity index (χ4v) is 3.93. The topological polar surface area (TPSA) is 47.1 Å². The molecule has 2 rings (SSSR count). The first-order chi connectivity index (χ1) is 12.5. The van der Waals surface area contributed by atoms with Gasteiger partial charge in [0.15, 0.2) is 0 Å². The van der Waals surface area contributed by atoms with Crippen LogP contribution in [0.3, 0.4) is 0 Å². The molecule has 2 amide bonds. The fourth-order valence-electron chi connectivity index (χ4n) is 3.93. The van der Waals surface area contributed by atoms with Crippen molar-refractivity contribution in [1.29, 1.82) is 0 Å². The second kappa shape index (κ2) is 9.23. The van der Waals surface area contributed by atoms with Gasteiger partial charge in [0.25, 0.3) is 0 Å². The summed E-state index contributed by atoms with van der Waals surface area (Å²) in [6.07, 6.45) is -3.23. The van der Waals surface area contributed by atoms with Crippen molar-refractivity contribution in [2.75, 3.05) is 66.0 Å². The van der Waals surface area contributed by atoms with Crippen molar-refractivity contribution in [3.05, 3.63) is 0 Å². The summed E-state index contributed by atoms with van der Waals surface area (Å²) in [5.41, 5.74) is 0. The Balaban J connectivity index is 1.72. The molecular weight excluding hydrogens is 361 g/mol. The smallest absolute Gasteiger partial charge is 0.341 e. The van der Waals surface area contributed by atoms with Crippen molar-refractivity contribution in [3.63, 3.8) is 0 Å². The van der Waals surface area contributed by atoms with Gasteiger partial charge in [0.1, 0.15) is 6.54 Å². The van der Waals surface area contributed by atoms with Gasteiger partial charge in [-0.25, -0.2) is 0 Å². The number of nitrogens with zero attached hydrogens (tertiary/aromatic N) is 4. The third-order valence-corrected chi connectivity index (χ3v) is 5.25. The Morgan fingerprint density at radius 1 is 0.963 bits per heavy atom. The van der Waals surface area contributed by atoms with Crippen LogP contribution in [0.25, 0.3) is 0 Å². The lowest BCUT2D eigenvalue weighted by Gasteiger charge is -2.38. The first-order valence-electron chi connectivity index (χ1n) is 9.56. The third kappa shape index (κ3) is 7.29. The molecule has 0 aromatic heterocycles. The van der Waals surface area contributed by atoms with Crippen LogP contribution in [0.15, 0.2) is 0 Å². The molecule has 0 aromatic carbocycles. The normalized spacial score (nSPS) is 25.5. The number of alkyl halides is 3. The molecule has 2 heterocycles. The van der Waals surface area contributed by atoms with Crippen LogP contribution in [-0.2, 0) is 9.59 Å². The quantitative estimate of drug-likeness (QED) is 0.704. The van der Waals surface area contributed by atoms with Gasteiger partial charge in [0.2, 0.25) is 11.8 Å². The summed E-state index contributed by atoms with van der Waals surface area (Å²) in [5.74, 6) is 0.652. The number of likely N-dealkylation sites (N-methyl/N-ethyl adjacent to an activating group) is 1. The highest BCUT2D eigenvalue weighted by atomic mass is 19.4. The first-order valence-corrected chi connectivity index (χ1v) is 9.56. The highest BCUT2D eigenvalue weighted by Crippen LogP contribution is 2.21. The molecule has 2 unspecified atom stereocenters. The monoisotopic (exact) mass is 392 g/mol. The summed E-state index contributed by atoms with van der Waals surface area (Å²) in [4.78, 5) is 31.0. The zero-order valence-corrected chi connectivity index (χ0v) is 16.5. The SMILES string of the molecule is CC1CC(C)CN(C(=O)CN2CCN(CC(=O)N(C)CC(F)(F)F)CC2)C1. The van der Waals surface area contributed by atoms with Crippen molar-refractivity contribution in [3.8, 4) is 0 Å². The first kappa shape index (κ1) is 21.9. The van der Waals surface area contributed by atoms with Gasteiger partial charge >= 0.3 is 6.18 Å². The Labute approximate surface area is 159 Å². The molecule has 0 aliphatic carbocycles. The van der Waals surface area contributed by atoms with Crippen molar-refractivity contribution >= 4 is 11.8 Å². The zero-order valence-electron chi connectivity index (χ0n) is 16.5. The van der Waals surface area contributed by atoms with E-state index in [-0.39, 0.29) is 12.5 Å². The molecular formula is C18H31F3N4O2. The van der Waals surface area contributed by atoms with Gasteiger partial charge in [-0.1, -0.05) is 13.8 Å². The number of rotatable bonds is 5. The fraction of sp³-hybridized carbons (Fsp3) is 0.889. The maximum absolute atomic E-state index is 12.5. The van der Waals surface area contributed by atoms with Crippen molar-refractivity contribution in [2.45, 2.75) is 26.4 Å². The Hall–Kier alpha value is -1.35. The van der Waals surface area contributed by atoms with Crippen molar-refractivity contribution < 1.29 is 22.8 Å². The minimum atomic E-state index is -4.38. The average Bonchev–Trinajstić information content (AvgIpc) is 2.54. The van der Waals surface area contributed by atoms with Crippen molar-refractivity contribution in [2.24, 2.45) is 11.8 Å². The van der Waals surface area contributed by atoms with Gasteiger partial charge in [-0.2, -0.15) is 13.2 Å². The van der Waals surface area contributed by atoms with E-state index in [1.54, 1.807) is 0 Å². The highest BCUT2D eigenvalue weighted by molar-refractivity contribution is 5.79. The van der Waals surface area contributed by atoms with Gasteiger partial charge in [-0.05, 0) is 18.3 Å². The number of piperazine rings is 1. The van der Waals surface area contributed by atoms with Crippen LogP contribution in [0.4, 0.5) is 13.2 Å². The van der Waals surface area contributed by atoms with Gasteiger partial charge in [-0.3, -0.25) is 19.4 Å². The molecule has 2 saturated heterocycles. The van der Waals surface area contributed by atoms with E-state index in [4.69, 9.17) is 0 Å². The molecule has 0 bridgehead atoms. The van der Waals surface area contributed by atoms with Gasteiger partial charge < -0.3 is 9.80 Å². The third-order valence-electron chi connectivity index (χ3n) is 5.25. The lowest BCUT2D eigenvalue weighted by Crippen LogP contribution is -2.53. The van der Waals surface area contributed by atoms with E-state index < -0.39 is 18.6 Å². The summed E-state index contributed by atoms with van der Waals surface area (Å²) in [7, 11) is 1.17. The summed E-state index contributed by atoms with van der Waals surface area (Å²) in [6.45, 7) is 7.51. The number of piperidine rings is 1. The number of carbonyl (C=O) groups excluding carboxylic acids is 2. The molecule has 2 aliphatic heterocycles. The van der Waals surface area contributed by atoms with E-state index in [0.29, 0.717) is 49.5 Å². The second-order valence-electron chi connectivity index (χ2n) is 8.16. The Bertz CT molecular complexity index is 511. The zero-order chi connectivity index (χ0) is 20.2. The summed E-state index contributed by atoms with van der Waals surface area (Å²) in [5, 5.41) is 0. The van der Waals surface area contributed by atoms with Gasteiger partial charge in [-0.15, -0.1) is 0 Å². The molecule has 9 heteroatoms. The molecule has 0 saturated carbocycles. The Kier molecular flexibility index (Phi) is 7.50. The second-order valence-corrected chi connectivity index (χ2v) is 8.16. The minimum Gasteiger partial charge on any atom is -0.341 e. The van der Waals surface area contributed by atoms with Crippen LogP contribution in [0, 0.1) is 11.8 Å². The van der Waals surface area contributed by atoms with Crippen LogP contribution in [0.5, 0.6) is 0 Å². The van der Waals surface area contributed by atoms with Crippen molar-refractivity contribution in [1.82, 2.24) is 19.6 Å². The summed E-state index contributed by atoms with van der Waals surface area (Å²) in [6, 6.07) is 0. The molecule has 6 nitrogen and oxygen atoms in total. The lowest BCUT2D eigenvalue weighted by atomic mass is 9.92. The van der Waals surface area contributed by atoms with E-state index in [2.05, 4.69) is 18.7 Å². The number of amides is 2. The number of hydrogen-bond donors (Lipinski definition) is 0. The van der Waals surface area contributed by atoms with E-state index in [1.165, 1.54) is 7.05 Å².